The number of nitrogens with zero attached hydrogens (tertiary/aromatic N) is 1. The molecule has 1 aliphatic heterocycles. The average molecular weight is 156 g/mol. The Balaban J connectivity index is 2.45. The molecule has 0 saturated carbocycles. The van der Waals surface area contributed by atoms with Gasteiger partial charge in [0.15, 0.2) is 0 Å². The topological polar surface area (TPSA) is 29.3 Å². The molecule has 0 bridgehead atoms. The Bertz CT molecular complexity index is 123. The van der Waals surface area contributed by atoms with Crippen LogP contribution in [0.1, 0.15) is 20.3 Å². The molecule has 0 amide bonds. The minimum absolute atomic E-state index is 0.743. The van der Waals surface area contributed by atoms with Gasteiger partial charge in [-0.2, -0.15) is 0 Å². The molecule has 2 heteroatoms. The first-order chi connectivity index (χ1) is 5.15. The number of rotatable bonds is 2. The molecule has 0 aromatic heterocycles. The second kappa shape index (κ2) is 3.55. The molecule has 0 aromatic carbocycles. The van der Waals surface area contributed by atoms with Crippen LogP contribution in [0.5, 0.6) is 0 Å². The lowest BCUT2D eigenvalue weighted by Crippen LogP contribution is -2.29. The minimum Gasteiger partial charge on any atom is -0.330 e. The zero-order chi connectivity index (χ0) is 8.43. The molecule has 0 aromatic rings. The van der Waals surface area contributed by atoms with Crippen LogP contribution in [0.15, 0.2) is 0 Å². The van der Waals surface area contributed by atoms with Gasteiger partial charge in [-0.25, -0.2) is 0 Å². The summed E-state index contributed by atoms with van der Waals surface area (Å²) in [5.41, 5.74) is 5.63. The lowest BCUT2D eigenvalue weighted by Gasteiger charge is -2.22. The quantitative estimate of drug-likeness (QED) is 0.644. The van der Waals surface area contributed by atoms with Crippen LogP contribution in [0.2, 0.25) is 0 Å². The molecule has 0 radical (unpaired) electrons. The van der Waals surface area contributed by atoms with Crippen molar-refractivity contribution in [2.24, 2.45) is 17.6 Å². The first-order valence-electron chi connectivity index (χ1n) is 4.55. The van der Waals surface area contributed by atoms with Crippen LogP contribution in [-0.2, 0) is 0 Å². The second-order valence-corrected chi connectivity index (χ2v) is 4.09. The molecule has 66 valence electrons. The van der Waals surface area contributed by atoms with E-state index in [1.54, 1.807) is 0 Å². The predicted molar refractivity (Wildman–Crippen MR) is 48.4 cm³/mol. The van der Waals surface area contributed by atoms with Gasteiger partial charge in [0.1, 0.15) is 0 Å². The standard InChI is InChI=1S/C9H20N2/c1-7(2)9-4-8(5-10)6-11(9)3/h7-9H,4-6,10H2,1-3H3/t8?,9-/m0/s1. The van der Waals surface area contributed by atoms with E-state index in [0.717, 1.165) is 24.4 Å². The molecule has 2 N–H and O–H groups in total. The summed E-state index contributed by atoms with van der Waals surface area (Å²) in [7, 11) is 2.21. The summed E-state index contributed by atoms with van der Waals surface area (Å²) in [6.45, 7) is 6.63. The van der Waals surface area contributed by atoms with E-state index in [1.807, 2.05) is 0 Å². The maximum Gasteiger partial charge on any atom is 0.0119 e. The molecule has 1 rings (SSSR count). The second-order valence-electron chi connectivity index (χ2n) is 4.09. The Hall–Kier alpha value is -0.0800. The first kappa shape index (κ1) is 9.01. The van der Waals surface area contributed by atoms with Crippen LogP contribution in [0.3, 0.4) is 0 Å². The fourth-order valence-electron chi connectivity index (χ4n) is 2.09. The van der Waals surface area contributed by atoms with Crippen LogP contribution < -0.4 is 5.73 Å². The van der Waals surface area contributed by atoms with Crippen molar-refractivity contribution in [3.63, 3.8) is 0 Å². The van der Waals surface area contributed by atoms with Crippen molar-refractivity contribution in [3.8, 4) is 0 Å². The van der Waals surface area contributed by atoms with E-state index < -0.39 is 0 Å². The van der Waals surface area contributed by atoms with E-state index in [2.05, 4.69) is 25.8 Å². The molecule has 2 atom stereocenters. The van der Waals surface area contributed by atoms with E-state index in [1.165, 1.54) is 13.0 Å². The van der Waals surface area contributed by atoms with Crippen molar-refractivity contribution in [2.45, 2.75) is 26.3 Å². The third-order valence-electron chi connectivity index (χ3n) is 2.79. The van der Waals surface area contributed by atoms with Gasteiger partial charge >= 0.3 is 0 Å². The molecule has 0 spiro atoms. The molecular formula is C9H20N2. The maximum atomic E-state index is 5.63. The maximum absolute atomic E-state index is 5.63. The van der Waals surface area contributed by atoms with Gasteiger partial charge in [0.05, 0.1) is 0 Å². The van der Waals surface area contributed by atoms with Gasteiger partial charge in [-0.1, -0.05) is 13.8 Å². The first-order valence-corrected chi connectivity index (χ1v) is 4.55. The van der Waals surface area contributed by atoms with Crippen molar-refractivity contribution in [3.05, 3.63) is 0 Å². The van der Waals surface area contributed by atoms with E-state index in [4.69, 9.17) is 5.73 Å². The molecule has 0 aliphatic carbocycles. The Morgan fingerprint density at radius 3 is 2.45 bits per heavy atom. The van der Waals surface area contributed by atoms with Gasteiger partial charge in [-0.15, -0.1) is 0 Å². The normalized spacial score (nSPS) is 33.5. The smallest absolute Gasteiger partial charge is 0.0119 e. The van der Waals surface area contributed by atoms with Crippen LogP contribution in [0.4, 0.5) is 0 Å². The monoisotopic (exact) mass is 156 g/mol. The summed E-state index contributed by atoms with van der Waals surface area (Å²) in [5, 5.41) is 0. The summed E-state index contributed by atoms with van der Waals surface area (Å²) in [5.74, 6) is 1.52. The molecule has 1 unspecified atom stereocenters. The zero-order valence-corrected chi connectivity index (χ0v) is 7.88. The molecule has 2 nitrogen and oxygen atoms in total. The molecule has 11 heavy (non-hydrogen) atoms. The number of hydrogen-bond donors (Lipinski definition) is 1. The highest BCUT2D eigenvalue weighted by Crippen LogP contribution is 2.25. The molecule has 1 aliphatic rings. The van der Waals surface area contributed by atoms with Gasteiger partial charge in [0.25, 0.3) is 0 Å². The van der Waals surface area contributed by atoms with Crippen molar-refractivity contribution in [1.29, 1.82) is 0 Å². The minimum atomic E-state index is 0.743. The Morgan fingerprint density at radius 2 is 2.18 bits per heavy atom. The highest BCUT2D eigenvalue weighted by molar-refractivity contribution is 4.85. The zero-order valence-electron chi connectivity index (χ0n) is 7.88. The highest BCUT2D eigenvalue weighted by atomic mass is 15.2. The average Bonchev–Trinajstić information content (AvgIpc) is 2.30. The summed E-state index contributed by atoms with van der Waals surface area (Å²) < 4.78 is 0. The lowest BCUT2D eigenvalue weighted by atomic mass is 9.98. The fourth-order valence-corrected chi connectivity index (χ4v) is 2.09. The third-order valence-corrected chi connectivity index (χ3v) is 2.79. The van der Waals surface area contributed by atoms with Crippen molar-refractivity contribution in [2.75, 3.05) is 20.1 Å². The Morgan fingerprint density at radius 1 is 1.55 bits per heavy atom. The van der Waals surface area contributed by atoms with Crippen LogP contribution in [-0.4, -0.2) is 31.1 Å². The Labute approximate surface area is 69.8 Å². The largest absolute Gasteiger partial charge is 0.330 e. The molecule has 1 saturated heterocycles. The van der Waals surface area contributed by atoms with E-state index in [9.17, 15) is 0 Å². The fraction of sp³-hybridized carbons (Fsp3) is 1.00. The summed E-state index contributed by atoms with van der Waals surface area (Å²) in [4.78, 5) is 2.45. The SMILES string of the molecule is CC(C)[C@@H]1CC(CN)CN1C. The van der Waals surface area contributed by atoms with Crippen molar-refractivity contribution < 1.29 is 0 Å². The molecule has 1 fully saturated rings. The van der Waals surface area contributed by atoms with Crippen molar-refractivity contribution >= 4 is 0 Å². The highest BCUT2D eigenvalue weighted by Gasteiger charge is 2.30. The van der Waals surface area contributed by atoms with Gasteiger partial charge in [-0.3, -0.25) is 0 Å². The third kappa shape index (κ3) is 1.94. The van der Waals surface area contributed by atoms with Gasteiger partial charge in [-0.05, 0) is 31.8 Å². The summed E-state index contributed by atoms with van der Waals surface area (Å²) in [6, 6.07) is 0.767. The van der Waals surface area contributed by atoms with E-state index in [-0.39, 0.29) is 0 Å². The van der Waals surface area contributed by atoms with E-state index >= 15 is 0 Å². The molecule has 1 heterocycles. The van der Waals surface area contributed by atoms with E-state index in [0.29, 0.717) is 0 Å². The predicted octanol–water partition coefficient (Wildman–Crippen LogP) is 0.921. The van der Waals surface area contributed by atoms with Crippen LogP contribution in [0.25, 0.3) is 0 Å². The van der Waals surface area contributed by atoms with Gasteiger partial charge < -0.3 is 10.6 Å². The van der Waals surface area contributed by atoms with Crippen LogP contribution >= 0.6 is 0 Å². The summed E-state index contributed by atoms with van der Waals surface area (Å²) >= 11 is 0. The van der Waals surface area contributed by atoms with Crippen molar-refractivity contribution in [1.82, 2.24) is 4.90 Å². The molecular weight excluding hydrogens is 136 g/mol. The number of hydrogen-bond acceptors (Lipinski definition) is 2. The van der Waals surface area contributed by atoms with Gasteiger partial charge in [0.2, 0.25) is 0 Å². The van der Waals surface area contributed by atoms with Gasteiger partial charge in [0, 0.05) is 12.6 Å². The number of likely N-dealkylation sites (tertiary alicyclic amines) is 1. The number of nitrogens with two attached hydrogens (primary N) is 1. The Kier molecular flexibility index (Phi) is 2.90. The summed E-state index contributed by atoms with van der Waals surface area (Å²) in [6.07, 6.45) is 1.30. The lowest BCUT2D eigenvalue weighted by molar-refractivity contribution is 0.250. The van der Waals surface area contributed by atoms with Crippen LogP contribution in [0, 0.1) is 11.8 Å².